The molecule has 0 aliphatic carbocycles. The first-order valence-electron chi connectivity index (χ1n) is 7.27. The summed E-state index contributed by atoms with van der Waals surface area (Å²) in [5.74, 6) is 0.429. The summed E-state index contributed by atoms with van der Waals surface area (Å²) in [6.07, 6.45) is 0.794. The Kier molecular flexibility index (Phi) is 7.09. The minimum absolute atomic E-state index is 0.00514. The SMILES string of the molecule is CCC(CO)N(CC(=O)NCC(C)C)c1ccccc1. The molecule has 0 bridgehead atoms. The van der Waals surface area contributed by atoms with E-state index >= 15 is 0 Å². The summed E-state index contributed by atoms with van der Waals surface area (Å²) < 4.78 is 0. The summed E-state index contributed by atoms with van der Waals surface area (Å²) in [4.78, 5) is 14.0. The Labute approximate surface area is 121 Å². The van der Waals surface area contributed by atoms with Crippen molar-refractivity contribution in [2.75, 3.05) is 24.6 Å². The Bertz CT molecular complexity index is 389. The molecule has 0 aliphatic rings. The third-order valence-electron chi connectivity index (χ3n) is 3.23. The van der Waals surface area contributed by atoms with Crippen molar-refractivity contribution in [3.8, 4) is 0 Å². The van der Waals surface area contributed by atoms with Crippen LogP contribution in [0.15, 0.2) is 30.3 Å². The number of aliphatic hydroxyl groups is 1. The quantitative estimate of drug-likeness (QED) is 0.765. The number of benzene rings is 1. The van der Waals surface area contributed by atoms with Gasteiger partial charge in [0, 0.05) is 12.2 Å². The van der Waals surface area contributed by atoms with Crippen molar-refractivity contribution in [2.45, 2.75) is 33.2 Å². The zero-order chi connectivity index (χ0) is 15.0. The molecule has 4 nitrogen and oxygen atoms in total. The van der Waals surface area contributed by atoms with Gasteiger partial charge in [0.1, 0.15) is 0 Å². The maximum absolute atomic E-state index is 12.0. The first-order valence-corrected chi connectivity index (χ1v) is 7.27. The normalized spacial score (nSPS) is 12.2. The van der Waals surface area contributed by atoms with Gasteiger partial charge in [0.2, 0.25) is 5.91 Å². The summed E-state index contributed by atoms with van der Waals surface area (Å²) in [6.45, 7) is 7.15. The molecule has 0 heterocycles. The van der Waals surface area contributed by atoms with E-state index in [0.29, 0.717) is 12.5 Å². The van der Waals surface area contributed by atoms with Crippen molar-refractivity contribution in [1.82, 2.24) is 5.32 Å². The van der Waals surface area contributed by atoms with Crippen molar-refractivity contribution < 1.29 is 9.90 Å². The van der Waals surface area contributed by atoms with Gasteiger partial charge in [-0.15, -0.1) is 0 Å². The topological polar surface area (TPSA) is 52.6 Å². The molecule has 1 amide bonds. The molecule has 1 aromatic carbocycles. The first-order chi connectivity index (χ1) is 9.58. The van der Waals surface area contributed by atoms with Gasteiger partial charge in [-0.3, -0.25) is 4.79 Å². The van der Waals surface area contributed by atoms with E-state index in [1.807, 2.05) is 42.2 Å². The molecule has 0 saturated carbocycles. The Morgan fingerprint density at radius 2 is 1.95 bits per heavy atom. The largest absolute Gasteiger partial charge is 0.394 e. The summed E-state index contributed by atoms with van der Waals surface area (Å²) in [6, 6.07) is 9.72. The highest BCUT2D eigenvalue weighted by molar-refractivity contribution is 5.81. The van der Waals surface area contributed by atoms with Crippen molar-refractivity contribution in [1.29, 1.82) is 0 Å². The summed E-state index contributed by atoms with van der Waals surface area (Å²) in [7, 11) is 0. The zero-order valence-corrected chi connectivity index (χ0v) is 12.7. The van der Waals surface area contributed by atoms with E-state index in [-0.39, 0.29) is 25.1 Å². The number of rotatable bonds is 8. The van der Waals surface area contributed by atoms with Gasteiger partial charge in [0.25, 0.3) is 0 Å². The molecule has 2 N–H and O–H groups in total. The molecule has 0 aliphatic heterocycles. The van der Waals surface area contributed by atoms with Crippen LogP contribution in [-0.2, 0) is 4.79 Å². The fraction of sp³-hybridized carbons (Fsp3) is 0.562. The van der Waals surface area contributed by atoms with Crippen LogP contribution < -0.4 is 10.2 Å². The average molecular weight is 278 g/mol. The molecule has 0 saturated heterocycles. The van der Waals surface area contributed by atoms with Crippen LogP contribution in [0.3, 0.4) is 0 Å². The van der Waals surface area contributed by atoms with Gasteiger partial charge in [-0.25, -0.2) is 0 Å². The highest BCUT2D eigenvalue weighted by Gasteiger charge is 2.19. The number of nitrogens with one attached hydrogen (secondary N) is 1. The molecule has 1 rings (SSSR count). The van der Waals surface area contributed by atoms with E-state index in [9.17, 15) is 9.90 Å². The molecular weight excluding hydrogens is 252 g/mol. The first kappa shape index (κ1) is 16.5. The number of carbonyl (C=O) groups excluding carboxylic acids is 1. The predicted molar refractivity (Wildman–Crippen MR) is 82.8 cm³/mol. The number of para-hydroxylation sites is 1. The molecule has 4 heteroatoms. The molecule has 0 spiro atoms. The molecule has 1 atom stereocenters. The van der Waals surface area contributed by atoms with Gasteiger partial charge >= 0.3 is 0 Å². The van der Waals surface area contributed by atoms with Crippen LogP contribution in [0.1, 0.15) is 27.2 Å². The maximum atomic E-state index is 12.0. The number of carbonyl (C=O) groups is 1. The van der Waals surface area contributed by atoms with Crippen LogP contribution in [0.5, 0.6) is 0 Å². The second-order valence-corrected chi connectivity index (χ2v) is 5.41. The third kappa shape index (κ3) is 5.21. The van der Waals surface area contributed by atoms with Crippen LogP contribution in [-0.4, -0.2) is 36.8 Å². The fourth-order valence-electron chi connectivity index (χ4n) is 2.03. The number of amides is 1. The summed E-state index contributed by atoms with van der Waals surface area (Å²) >= 11 is 0. The fourth-order valence-corrected chi connectivity index (χ4v) is 2.03. The zero-order valence-electron chi connectivity index (χ0n) is 12.7. The van der Waals surface area contributed by atoms with E-state index in [1.165, 1.54) is 0 Å². The molecule has 1 unspecified atom stereocenters. The monoisotopic (exact) mass is 278 g/mol. The Morgan fingerprint density at radius 3 is 2.45 bits per heavy atom. The second-order valence-electron chi connectivity index (χ2n) is 5.41. The third-order valence-corrected chi connectivity index (χ3v) is 3.23. The highest BCUT2D eigenvalue weighted by atomic mass is 16.3. The molecular formula is C16H26N2O2. The number of hydrogen-bond acceptors (Lipinski definition) is 3. The van der Waals surface area contributed by atoms with Crippen molar-refractivity contribution in [2.24, 2.45) is 5.92 Å². The van der Waals surface area contributed by atoms with E-state index in [2.05, 4.69) is 19.2 Å². The Balaban J connectivity index is 2.76. The molecule has 1 aromatic rings. The number of aliphatic hydroxyl groups excluding tert-OH is 1. The lowest BCUT2D eigenvalue weighted by molar-refractivity contribution is -0.120. The van der Waals surface area contributed by atoms with Gasteiger partial charge in [0.05, 0.1) is 19.2 Å². The molecule has 0 fully saturated rings. The van der Waals surface area contributed by atoms with E-state index in [0.717, 1.165) is 12.1 Å². The van der Waals surface area contributed by atoms with Gasteiger partial charge < -0.3 is 15.3 Å². The smallest absolute Gasteiger partial charge is 0.239 e. The van der Waals surface area contributed by atoms with Crippen molar-refractivity contribution in [3.05, 3.63) is 30.3 Å². The Hall–Kier alpha value is -1.55. The van der Waals surface area contributed by atoms with Gasteiger partial charge in [-0.05, 0) is 24.5 Å². The van der Waals surface area contributed by atoms with Crippen LogP contribution in [0.25, 0.3) is 0 Å². The lowest BCUT2D eigenvalue weighted by Gasteiger charge is -2.31. The van der Waals surface area contributed by atoms with Gasteiger partial charge in [-0.2, -0.15) is 0 Å². The minimum atomic E-state index is -0.0396. The minimum Gasteiger partial charge on any atom is -0.394 e. The van der Waals surface area contributed by atoms with Gasteiger partial charge in [-0.1, -0.05) is 39.0 Å². The Morgan fingerprint density at radius 1 is 1.30 bits per heavy atom. The van der Waals surface area contributed by atoms with Crippen LogP contribution in [0, 0.1) is 5.92 Å². The van der Waals surface area contributed by atoms with Gasteiger partial charge in [0.15, 0.2) is 0 Å². The van der Waals surface area contributed by atoms with Crippen LogP contribution in [0.2, 0.25) is 0 Å². The predicted octanol–water partition coefficient (Wildman–Crippen LogP) is 2.04. The van der Waals surface area contributed by atoms with E-state index in [4.69, 9.17) is 0 Å². The molecule has 20 heavy (non-hydrogen) atoms. The molecule has 0 radical (unpaired) electrons. The van der Waals surface area contributed by atoms with E-state index in [1.54, 1.807) is 0 Å². The number of anilines is 1. The van der Waals surface area contributed by atoms with E-state index < -0.39 is 0 Å². The maximum Gasteiger partial charge on any atom is 0.239 e. The summed E-state index contributed by atoms with van der Waals surface area (Å²) in [5.41, 5.74) is 0.966. The average Bonchev–Trinajstić information content (AvgIpc) is 2.46. The van der Waals surface area contributed by atoms with Crippen LogP contribution in [0.4, 0.5) is 5.69 Å². The van der Waals surface area contributed by atoms with Crippen LogP contribution >= 0.6 is 0 Å². The second kappa shape index (κ2) is 8.59. The van der Waals surface area contributed by atoms with Crippen molar-refractivity contribution >= 4 is 11.6 Å². The lowest BCUT2D eigenvalue weighted by Crippen LogP contribution is -2.45. The number of nitrogens with zero attached hydrogens (tertiary/aromatic N) is 1. The molecule has 0 aromatic heterocycles. The lowest BCUT2D eigenvalue weighted by atomic mass is 10.1. The number of hydrogen-bond donors (Lipinski definition) is 2. The van der Waals surface area contributed by atoms with Crippen molar-refractivity contribution in [3.63, 3.8) is 0 Å². The molecule has 112 valence electrons. The summed E-state index contributed by atoms with van der Waals surface area (Å²) in [5, 5.41) is 12.4. The highest BCUT2D eigenvalue weighted by Crippen LogP contribution is 2.17. The standard InChI is InChI=1S/C16H26N2O2/c1-4-14(12-19)18(15-8-6-5-7-9-15)11-16(20)17-10-13(2)3/h5-9,13-14,19H,4,10-12H2,1-3H3,(H,17,20).